The van der Waals surface area contributed by atoms with Gasteiger partial charge < -0.3 is 9.47 Å². The van der Waals surface area contributed by atoms with Crippen molar-refractivity contribution in [1.82, 2.24) is 0 Å². The van der Waals surface area contributed by atoms with Crippen LogP contribution in [-0.2, 0) is 14.6 Å². The monoisotopic (exact) mass is 444 g/mol. The van der Waals surface area contributed by atoms with Crippen LogP contribution >= 0.6 is 11.8 Å². The number of ether oxygens (including phenoxy) is 2. The first-order valence-electron chi connectivity index (χ1n) is 9.22. The molecule has 2 aromatic rings. The number of nitrogens with zero attached hydrogens (tertiary/aromatic N) is 2. The van der Waals surface area contributed by atoms with Crippen molar-refractivity contribution in [3.8, 4) is 11.5 Å². The number of hydrogen-bond donors (Lipinski definition) is 0. The maximum Gasteiger partial charge on any atom is 0.283 e. The molecular formula is C21H20N2O5S2. The lowest BCUT2D eigenvalue weighted by molar-refractivity contribution is -0.113. The fourth-order valence-electron chi connectivity index (χ4n) is 2.96. The minimum atomic E-state index is -3.10. The number of rotatable bonds is 5. The summed E-state index contributed by atoms with van der Waals surface area (Å²) in [5.74, 6) is 1.34. The van der Waals surface area contributed by atoms with E-state index in [1.54, 1.807) is 18.2 Å². The molecule has 0 spiro atoms. The molecule has 2 heterocycles. The largest absolute Gasteiger partial charge is 0.454 e. The van der Waals surface area contributed by atoms with Gasteiger partial charge in [0.1, 0.15) is 15.5 Å². The molecule has 0 saturated carbocycles. The zero-order valence-electron chi connectivity index (χ0n) is 16.5. The van der Waals surface area contributed by atoms with E-state index in [4.69, 9.17) is 9.47 Å². The third kappa shape index (κ3) is 4.52. The standard InChI is InChI=1S/C21H20N2O5S2/c1-14-3-6-16(7-4-14)23-20(24)17(22-21(23)29-9-10-30(2,25)26)11-15-5-8-18-19(12-15)28-13-27-18/h3-8,11-12H,9-10,13H2,1-2H3. The van der Waals surface area contributed by atoms with E-state index in [0.717, 1.165) is 11.1 Å². The van der Waals surface area contributed by atoms with E-state index in [1.165, 1.54) is 22.9 Å². The molecule has 0 aromatic heterocycles. The summed E-state index contributed by atoms with van der Waals surface area (Å²) in [4.78, 5) is 19.2. The maximum absolute atomic E-state index is 13.2. The molecule has 0 unspecified atom stereocenters. The lowest BCUT2D eigenvalue weighted by Crippen LogP contribution is -2.30. The predicted molar refractivity (Wildman–Crippen MR) is 119 cm³/mol. The molecule has 0 bridgehead atoms. The number of thioether (sulfide) groups is 1. The first-order valence-corrected chi connectivity index (χ1v) is 12.3. The summed E-state index contributed by atoms with van der Waals surface area (Å²) in [5.41, 5.74) is 2.80. The Morgan fingerprint density at radius 1 is 1.13 bits per heavy atom. The Hall–Kier alpha value is -2.78. The van der Waals surface area contributed by atoms with Crippen molar-refractivity contribution >= 4 is 44.4 Å². The molecular weight excluding hydrogens is 424 g/mol. The van der Waals surface area contributed by atoms with E-state index in [-0.39, 0.29) is 24.2 Å². The van der Waals surface area contributed by atoms with Crippen LogP contribution < -0.4 is 14.4 Å². The molecule has 0 saturated heterocycles. The molecule has 0 radical (unpaired) electrons. The van der Waals surface area contributed by atoms with Gasteiger partial charge in [0.25, 0.3) is 5.91 Å². The van der Waals surface area contributed by atoms with Crippen LogP contribution in [0.5, 0.6) is 11.5 Å². The molecule has 9 heteroatoms. The van der Waals surface area contributed by atoms with Crippen LogP contribution in [0.4, 0.5) is 5.69 Å². The minimum absolute atomic E-state index is 0.00776. The van der Waals surface area contributed by atoms with Gasteiger partial charge in [0.2, 0.25) is 6.79 Å². The van der Waals surface area contributed by atoms with Crippen molar-refractivity contribution in [3.63, 3.8) is 0 Å². The van der Waals surface area contributed by atoms with E-state index < -0.39 is 9.84 Å². The molecule has 30 heavy (non-hydrogen) atoms. The second kappa shape index (κ2) is 8.16. The number of amidine groups is 1. The highest BCUT2D eigenvalue weighted by atomic mass is 32.2. The lowest BCUT2D eigenvalue weighted by Gasteiger charge is -2.17. The van der Waals surface area contributed by atoms with Crippen LogP contribution in [0.15, 0.2) is 53.2 Å². The number of amides is 1. The van der Waals surface area contributed by atoms with Gasteiger partial charge in [-0.25, -0.2) is 13.4 Å². The van der Waals surface area contributed by atoms with Crippen LogP contribution in [0.1, 0.15) is 11.1 Å². The smallest absolute Gasteiger partial charge is 0.283 e. The summed E-state index contributed by atoms with van der Waals surface area (Å²) in [5, 5.41) is 0.458. The fourth-order valence-corrected chi connectivity index (χ4v) is 5.17. The highest BCUT2D eigenvalue weighted by Crippen LogP contribution is 2.34. The van der Waals surface area contributed by atoms with E-state index >= 15 is 0 Å². The number of sulfone groups is 1. The molecule has 0 aliphatic carbocycles. The van der Waals surface area contributed by atoms with Crippen LogP contribution in [0.25, 0.3) is 6.08 Å². The number of hydrogen-bond acceptors (Lipinski definition) is 7. The maximum atomic E-state index is 13.2. The zero-order chi connectivity index (χ0) is 21.3. The van der Waals surface area contributed by atoms with Gasteiger partial charge in [-0.15, -0.1) is 0 Å². The SMILES string of the molecule is Cc1ccc(N2C(=O)C(=Cc3ccc4c(c3)OCO4)N=C2SCCS(C)(=O)=O)cc1. The van der Waals surface area contributed by atoms with Crippen LogP contribution in [0.3, 0.4) is 0 Å². The Labute approximate surface area is 179 Å². The van der Waals surface area contributed by atoms with Crippen molar-refractivity contribution in [2.75, 3.05) is 29.5 Å². The summed E-state index contributed by atoms with van der Waals surface area (Å²) in [6.45, 7) is 2.14. The summed E-state index contributed by atoms with van der Waals surface area (Å²) in [7, 11) is -3.10. The lowest BCUT2D eigenvalue weighted by atomic mass is 10.1. The second-order valence-electron chi connectivity index (χ2n) is 6.99. The van der Waals surface area contributed by atoms with Gasteiger partial charge in [0.05, 0.1) is 11.4 Å². The summed E-state index contributed by atoms with van der Waals surface area (Å²) < 4.78 is 33.7. The number of fused-ring (bicyclic) bond motifs is 1. The van der Waals surface area contributed by atoms with Gasteiger partial charge in [0.15, 0.2) is 16.7 Å². The van der Waals surface area contributed by atoms with E-state index in [0.29, 0.717) is 28.1 Å². The topological polar surface area (TPSA) is 85.3 Å². The quantitative estimate of drug-likeness (QED) is 0.658. The average Bonchev–Trinajstić information content (AvgIpc) is 3.26. The van der Waals surface area contributed by atoms with Crippen molar-refractivity contribution in [2.45, 2.75) is 6.92 Å². The van der Waals surface area contributed by atoms with Crippen molar-refractivity contribution in [2.24, 2.45) is 4.99 Å². The van der Waals surface area contributed by atoms with Gasteiger partial charge >= 0.3 is 0 Å². The summed E-state index contributed by atoms with van der Waals surface area (Å²) in [6, 6.07) is 12.9. The first kappa shape index (κ1) is 20.5. The zero-order valence-corrected chi connectivity index (χ0v) is 18.1. The summed E-state index contributed by atoms with van der Waals surface area (Å²) in [6.07, 6.45) is 2.88. The fraction of sp³-hybridized carbons (Fsp3) is 0.238. The number of carbonyl (C=O) groups is 1. The average molecular weight is 445 g/mol. The van der Waals surface area contributed by atoms with Crippen LogP contribution in [-0.4, -0.2) is 44.0 Å². The Bertz CT molecular complexity index is 1150. The van der Waals surface area contributed by atoms with Gasteiger partial charge in [-0.05, 0) is 42.8 Å². The van der Waals surface area contributed by atoms with Gasteiger partial charge in [0, 0.05) is 12.0 Å². The van der Waals surface area contributed by atoms with E-state index in [1.807, 2.05) is 37.3 Å². The molecule has 7 nitrogen and oxygen atoms in total. The molecule has 2 aromatic carbocycles. The predicted octanol–water partition coefficient (Wildman–Crippen LogP) is 3.25. The molecule has 0 atom stereocenters. The third-order valence-electron chi connectivity index (χ3n) is 4.51. The molecule has 156 valence electrons. The molecule has 4 rings (SSSR count). The Morgan fingerprint density at radius 2 is 1.87 bits per heavy atom. The van der Waals surface area contributed by atoms with E-state index in [9.17, 15) is 13.2 Å². The molecule has 1 amide bonds. The summed E-state index contributed by atoms with van der Waals surface area (Å²) >= 11 is 1.25. The van der Waals surface area contributed by atoms with Crippen molar-refractivity contribution < 1.29 is 22.7 Å². The Morgan fingerprint density at radius 3 is 2.60 bits per heavy atom. The number of aryl methyl sites for hydroxylation is 1. The van der Waals surface area contributed by atoms with Gasteiger partial charge in [-0.1, -0.05) is 35.5 Å². The number of benzene rings is 2. The second-order valence-corrected chi connectivity index (χ2v) is 10.3. The van der Waals surface area contributed by atoms with Gasteiger partial charge in [-0.2, -0.15) is 0 Å². The van der Waals surface area contributed by atoms with E-state index in [2.05, 4.69) is 4.99 Å². The highest BCUT2D eigenvalue weighted by Gasteiger charge is 2.32. The van der Waals surface area contributed by atoms with Crippen LogP contribution in [0, 0.1) is 6.92 Å². The Kier molecular flexibility index (Phi) is 5.57. The number of aliphatic imine (C=N–C) groups is 1. The highest BCUT2D eigenvalue weighted by molar-refractivity contribution is 8.14. The third-order valence-corrected chi connectivity index (χ3v) is 6.65. The number of anilines is 1. The molecule has 0 fully saturated rings. The normalized spacial score (nSPS) is 17.0. The van der Waals surface area contributed by atoms with Gasteiger partial charge in [-0.3, -0.25) is 9.69 Å². The molecule has 0 N–H and O–H groups in total. The Balaban J connectivity index is 1.65. The molecule has 2 aliphatic rings. The van der Waals surface area contributed by atoms with Crippen molar-refractivity contribution in [1.29, 1.82) is 0 Å². The van der Waals surface area contributed by atoms with Crippen LogP contribution in [0.2, 0.25) is 0 Å². The number of carbonyl (C=O) groups excluding carboxylic acids is 1. The minimum Gasteiger partial charge on any atom is -0.454 e. The molecule has 2 aliphatic heterocycles. The van der Waals surface area contributed by atoms with Crippen molar-refractivity contribution in [3.05, 3.63) is 59.3 Å². The first-order chi connectivity index (χ1) is 14.3.